The van der Waals surface area contributed by atoms with Gasteiger partial charge in [0.1, 0.15) is 5.84 Å². The molecule has 21 heavy (non-hydrogen) atoms. The monoisotopic (exact) mass is 286 g/mol. The summed E-state index contributed by atoms with van der Waals surface area (Å²) in [6, 6.07) is 7.77. The molecule has 1 aromatic carbocycles. The highest BCUT2D eigenvalue weighted by atomic mass is 16.3. The second-order valence-electron chi connectivity index (χ2n) is 5.78. The van der Waals surface area contributed by atoms with E-state index < -0.39 is 5.60 Å². The number of hydrogen-bond donors (Lipinski definition) is 3. The topological polar surface area (TPSA) is 86.2 Å². The number of nitrogens with two attached hydrogens (primary N) is 1. The van der Waals surface area contributed by atoms with Crippen molar-refractivity contribution in [2.45, 2.75) is 26.4 Å². The summed E-state index contributed by atoms with van der Waals surface area (Å²) in [5.74, 6) is -0.0163. The van der Waals surface area contributed by atoms with Crippen LogP contribution in [-0.2, 0) is 0 Å². The van der Waals surface area contributed by atoms with Crippen LogP contribution in [0.1, 0.15) is 26.3 Å². The molecule has 0 unspecified atom stereocenters. The number of nitrogen functional groups attached to an aromatic ring is 1. The van der Waals surface area contributed by atoms with Gasteiger partial charge in [0, 0.05) is 24.7 Å². The van der Waals surface area contributed by atoms with E-state index >= 15 is 0 Å². The van der Waals surface area contributed by atoms with Gasteiger partial charge in [-0.15, -0.1) is 0 Å². The molecule has 0 amide bonds. The number of anilines is 1. The largest absolute Gasteiger partial charge is 0.389 e. The maximum atomic E-state index is 10.1. The average Bonchev–Trinajstić information content (AvgIpc) is 2.42. The summed E-state index contributed by atoms with van der Waals surface area (Å²) in [4.78, 5) is 6.41. The molecule has 2 rings (SSSR count). The van der Waals surface area contributed by atoms with Crippen LogP contribution in [0.25, 0.3) is 10.9 Å². The number of aliphatic hydroxyl groups is 1. The zero-order valence-corrected chi connectivity index (χ0v) is 12.7. The molecule has 0 aliphatic heterocycles. The first-order valence-electron chi connectivity index (χ1n) is 7.03. The van der Waals surface area contributed by atoms with Crippen LogP contribution in [0.15, 0.2) is 30.5 Å². The lowest BCUT2D eigenvalue weighted by molar-refractivity contribution is 0.0876. The van der Waals surface area contributed by atoms with Gasteiger partial charge in [0.2, 0.25) is 0 Å². The second kappa shape index (κ2) is 5.69. The van der Waals surface area contributed by atoms with E-state index in [4.69, 9.17) is 11.1 Å². The fourth-order valence-corrected chi connectivity index (χ4v) is 2.48. The number of likely N-dealkylation sites (N-methyl/N-ethyl adjacent to an activating group) is 1. The van der Waals surface area contributed by atoms with E-state index in [1.807, 2.05) is 36.1 Å². The quantitative estimate of drug-likeness (QED) is 0.580. The summed E-state index contributed by atoms with van der Waals surface area (Å²) in [5.41, 5.74) is 7.19. The molecule has 0 saturated heterocycles. The van der Waals surface area contributed by atoms with E-state index in [2.05, 4.69) is 4.98 Å². The maximum absolute atomic E-state index is 10.1. The van der Waals surface area contributed by atoms with E-state index in [1.165, 1.54) is 0 Å². The number of fused-ring (bicyclic) bond motifs is 1. The van der Waals surface area contributed by atoms with Gasteiger partial charge in [0.05, 0.1) is 22.4 Å². The summed E-state index contributed by atoms with van der Waals surface area (Å²) in [6.45, 7) is 6.72. The number of amidine groups is 1. The Bertz CT molecular complexity index is 661. The molecule has 0 aliphatic rings. The van der Waals surface area contributed by atoms with Gasteiger partial charge in [0.25, 0.3) is 0 Å². The van der Waals surface area contributed by atoms with Crippen molar-refractivity contribution in [3.63, 3.8) is 0 Å². The van der Waals surface area contributed by atoms with Crippen molar-refractivity contribution < 1.29 is 5.11 Å². The van der Waals surface area contributed by atoms with Crippen LogP contribution in [0.4, 0.5) is 5.69 Å². The van der Waals surface area contributed by atoms with E-state index in [1.54, 1.807) is 20.0 Å². The molecule has 4 N–H and O–H groups in total. The smallest absolute Gasteiger partial charge is 0.126 e. The first kappa shape index (κ1) is 15.3. The third kappa shape index (κ3) is 3.31. The molecule has 1 heterocycles. The van der Waals surface area contributed by atoms with Crippen molar-refractivity contribution >= 4 is 22.4 Å². The molecule has 112 valence electrons. The van der Waals surface area contributed by atoms with Crippen LogP contribution in [0.5, 0.6) is 0 Å². The summed E-state index contributed by atoms with van der Waals surface area (Å²) >= 11 is 0. The summed E-state index contributed by atoms with van der Waals surface area (Å²) in [5, 5.41) is 18.9. The van der Waals surface area contributed by atoms with Crippen LogP contribution in [0, 0.1) is 5.41 Å². The average molecular weight is 286 g/mol. The third-order valence-electron chi connectivity index (χ3n) is 3.31. The molecule has 0 atom stereocenters. The molecule has 5 nitrogen and oxygen atoms in total. The van der Waals surface area contributed by atoms with Crippen molar-refractivity contribution in [1.82, 2.24) is 4.98 Å². The number of nitrogens with one attached hydrogen (secondary N) is 1. The van der Waals surface area contributed by atoms with Gasteiger partial charge in [-0.2, -0.15) is 0 Å². The Morgan fingerprint density at radius 2 is 2.05 bits per heavy atom. The third-order valence-corrected chi connectivity index (χ3v) is 3.31. The molecule has 0 spiro atoms. The Labute approximate surface area is 124 Å². The Morgan fingerprint density at radius 1 is 1.38 bits per heavy atom. The normalized spacial score (nSPS) is 11.6. The van der Waals surface area contributed by atoms with E-state index in [0.717, 1.165) is 16.6 Å². The van der Waals surface area contributed by atoms with Crippen molar-refractivity contribution in [2.75, 3.05) is 18.0 Å². The molecule has 0 aliphatic carbocycles. The van der Waals surface area contributed by atoms with Crippen LogP contribution >= 0.6 is 0 Å². The van der Waals surface area contributed by atoms with Gasteiger partial charge in [-0.25, -0.2) is 0 Å². The zero-order valence-electron chi connectivity index (χ0n) is 12.7. The van der Waals surface area contributed by atoms with E-state index in [9.17, 15) is 5.11 Å². The number of aromatic nitrogens is 1. The Kier molecular flexibility index (Phi) is 4.14. The number of nitrogens with zero attached hydrogens (tertiary/aromatic N) is 2. The number of para-hydroxylation sites is 1. The van der Waals surface area contributed by atoms with Crippen LogP contribution in [0.3, 0.4) is 0 Å². The molecular formula is C16H22N4O. The van der Waals surface area contributed by atoms with Crippen molar-refractivity contribution in [2.24, 2.45) is 5.73 Å². The Balaban J connectivity index is 2.67. The predicted octanol–water partition coefficient (Wildman–Crippen LogP) is 2.12. The lowest BCUT2D eigenvalue weighted by Crippen LogP contribution is -2.39. The van der Waals surface area contributed by atoms with E-state index in [-0.39, 0.29) is 5.84 Å². The molecule has 5 heteroatoms. The minimum absolute atomic E-state index is 0.0163. The van der Waals surface area contributed by atoms with Gasteiger partial charge in [-0.05, 0) is 26.8 Å². The molecule has 0 saturated carbocycles. The van der Waals surface area contributed by atoms with Crippen LogP contribution in [0.2, 0.25) is 0 Å². The first-order chi connectivity index (χ1) is 9.83. The zero-order chi connectivity index (χ0) is 15.6. The maximum Gasteiger partial charge on any atom is 0.126 e. The molecular weight excluding hydrogens is 264 g/mol. The fourth-order valence-electron chi connectivity index (χ4n) is 2.48. The van der Waals surface area contributed by atoms with Gasteiger partial charge in [0.15, 0.2) is 0 Å². The lowest BCUT2D eigenvalue weighted by Gasteiger charge is -2.32. The highest BCUT2D eigenvalue weighted by Gasteiger charge is 2.22. The number of benzene rings is 1. The summed E-state index contributed by atoms with van der Waals surface area (Å²) < 4.78 is 0. The second-order valence-corrected chi connectivity index (χ2v) is 5.78. The lowest BCUT2D eigenvalue weighted by atomic mass is 10.0. The van der Waals surface area contributed by atoms with Gasteiger partial charge in [-0.1, -0.05) is 18.2 Å². The van der Waals surface area contributed by atoms with Crippen LogP contribution in [-0.4, -0.2) is 34.6 Å². The van der Waals surface area contributed by atoms with Crippen molar-refractivity contribution in [3.05, 3.63) is 36.0 Å². The Morgan fingerprint density at radius 3 is 2.62 bits per heavy atom. The SMILES string of the molecule is CCN(CC(C)(C)O)c1c(C(=N)N)cnc2ccccc12. The molecule has 0 radical (unpaired) electrons. The molecule has 0 bridgehead atoms. The van der Waals surface area contributed by atoms with Crippen molar-refractivity contribution in [3.8, 4) is 0 Å². The minimum Gasteiger partial charge on any atom is -0.389 e. The summed E-state index contributed by atoms with van der Waals surface area (Å²) in [7, 11) is 0. The van der Waals surface area contributed by atoms with Gasteiger partial charge >= 0.3 is 0 Å². The van der Waals surface area contributed by atoms with Gasteiger partial charge < -0.3 is 15.7 Å². The predicted molar refractivity (Wildman–Crippen MR) is 86.9 cm³/mol. The number of pyridine rings is 1. The fraction of sp³-hybridized carbons (Fsp3) is 0.375. The van der Waals surface area contributed by atoms with E-state index in [0.29, 0.717) is 18.7 Å². The highest BCUT2D eigenvalue weighted by Crippen LogP contribution is 2.30. The standard InChI is InChI=1S/C16H22N4O/c1-4-20(10-16(2,3)21)14-11-7-5-6-8-13(11)19-9-12(14)15(17)18/h5-9,21H,4,10H2,1-3H3,(H3,17,18). The first-order valence-corrected chi connectivity index (χ1v) is 7.03. The Hall–Kier alpha value is -2.14. The molecule has 1 aromatic heterocycles. The van der Waals surface area contributed by atoms with Crippen LogP contribution < -0.4 is 10.6 Å². The number of hydrogen-bond acceptors (Lipinski definition) is 4. The molecule has 0 fully saturated rings. The summed E-state index contributed by atoms with van der Waals surface area (Å²) in [6.07, 6.45) is 1.63. The molecule has 2 aromatic rings. The van der Waals surface area contributed by atoms with Crippen molar-refractivity contribution in [1.29, 1.82) is 5.41 Å². The van der Waals surface area contributed by atoms with Gasteiger partial charge in [-0.3, -0.25) is 10.4 Å². The minimum atomic E-state index is -0.839. The highest BCUT2D eigenvalue weighted by molar-refractivity contribution is 6.07. The number of rotatable bonds is 5.